The van der Waals surface area contributed by atoms with Gasteiger partial charge in [0.05, 0.1) is 29.3 Å². The number of ether oxygens (including phenoxy) is 1. The van der Waals surface area contributed by atoms with Crippen molar-refractivity contribution in [3.63, 3.8) is 0 Å². The van der Waals surface area contributed by atoms with Gasteiger partial charge in [0.25, 0.3) is 5.91 Å². The number of rotatable bonds is 10. The minimum atomic E-state index is -3.57. The van der Waals surface area contributed by atoms with E-state index >= 15 is 0 Å². The first-order valence-electron chi connectivity index (χ1n) is 14.9. The molecule has 248 valence electrons. The second kappa shape index (κ2) is 13.8. The summed E-state index contributed by atoms with van der Waals surface area (Å²) < 4.78 is 54.6. The van der Waals surface area contributed by atoms with Crippen LogP contribution < -0.4 is 15.4 Å². The van der Waals surface area contributed by atoms with E-state index in [0.29, 0.717) is 48.3 Å². The van der Waals surface area contributed by atoms with Crippen LogP contribution in [0.3, 0.4) is 0 Å². The maximum absolute atomic E-state index is 14.9. The lowest BCUT2D eigenvalue weighted by Crippen LogP contribution is -2.62. The van der Waals surface area contributed by atoms with Crippen LogP contribution in [0.1, 0.15) is 35.7 Å². The highest BCUT2D eigenvalue weighted by Gasteiger charge is 2.54. The molecule has 3 aromatic rings. The van der Waals surface area contributed by atoms with Gasteiger partial charge >= 0.3 is 0 Å². The van der Waals surface area contributed by atoms with E-state index in [0.717, 1.165) is 17.4 Å². The van der Waals surface area contributed by atoms with Gasteiger partial charge in [-0.1, -0.05) is 53.5 Å². The lowest BCUT2D eigenvalue weighted by Gasteiger charge is -2.40. The second-order valence-corrected chi connectivity index (χ2v) is 16.9. The second-order valence-electron chi connectivity index (χ2n) is 11.7. The van der Waals surface area contributed by atoms with Crippen molar-refractivity contribution < 1.29 is 26.4 Å². The Hall–Kier alpha value is -2.71. The highest BCUT2D eigenvalue weighted by molar-refractivity contribution is 7.91. The topological polar surface area (TPSA) is 125 Å². The summed E-state index contributed by atoms with van der Waals surface area (Å²) in [6, 6.07) is 18.5. The molecule has 2 atom stereocenters. The minimum Gasteiger partial charge on any atom is -0.493 e. The Morgan fingerprint density at radius 1 is 0.848 bits per heavy atom. The molecule has 2 heterocycles. The standard InChI is InChI=1S/C32H38Cl2N4O6S2/c1-4-44-28-21-26(46(3,42)43)13-14-27(28)32(31(39)38-17-15-37(16-18-38)19-20-45(2,40)41)35-29(22-5-9-24(33)10-6-22)30(36-32)23-7-11-25(34)12-8-23/h5-14,21,29-30,35-36H,4,15-20H2,1-3H3. The molecule has 2 fully saturated rings. The molecule has 2 aliphatic rings. The molecular formula is C32H38Cl2N4O6S2. The third-order valence-corrected chi connectivity index (χ3v) is 10.9. The van der Waals surface area contributed by atoms with Crippen molar-refractivity contribution in [1.29, 1.82) is 0 Å². The Labute approximate surface area is 280 Å². The molecule has 0 radical (unpaired) electrons. The van der Waals surface area contributed by atoms with Gasteiger partial charge < -0.3 is 9.64 Å². The zero-order valence-corrected chi connectivity index (χ0v) is 29.0. The Morgan fingerprint density at radius 3 is 1.83 bits per heavy atom. The maximum atomic E-state index is 14.9. The Bertz CT molecular complexity index is 1730. The van der Waals surface area contributed by atoms with Crippen molar-refractivity contribution in [2.24, 2.45) is 0 Å². The summed E-state index contributed by atoms with van der Waals surface area (Å²) in [4.78, 5) is 18.8. The number of benzene rings is 3. The summed E-state index contributed by atoms with van der Waals surface area (Å²) >= 11 is 12.5. The fourth-order valence-corrected chi connectivity index (χ4v) is 7.46. The Balaban J connectivity index is 1.61. The van der Waals surface area contributed by atoms with Crippen LogP contribution in [0.2, 0.25) is 10.0 Å². The molecule has 2 aliphatic heterocycles. The molecule has 5 rings (SSSR count). The molecule has 2 N–H and O–H groups in total. The van der Waals surface area contributed by atoms with Gasteiger partial charge in [-0.2, -0.15) is 0 Å². The molecule has 0 saturated carbocycles. The lowest BCUT2D eigenvalue weighted by atomic mass is 9.95. The summed E-state index contributed by atoms with van der Waals surface area (Å²) in [5.41, 5.74) is 0.664. The van der Waals surface area contributed by atoms with Crippen molar-refractivity contribution in [3.8, 4) is 5.75 Å². The van der Waals surface area contributed by atoms with Crippen molar-refractivity contribution >= 4 is 48.8 Å². The van der Waals surface area contributed by atoms with Gasteiger partial charge in [0.15, 0.2) is 15.5 Å². The predicted molar refractivity (Wildman–Crippen MR) is 180 cm³/mol. The monoisotopic (exact) mass is 708 g/mol. The smallest absolute Gasteiger partial charge is 0.262 e. The van der Waals surface area contributed by atoms with Crippen molar-refractivity contribution in [2.45, 2.75) is 29.6 Å². The molecule has 2 saturated heterocycles. The average Bonchev–Trinajstić information content (AvgIpc) is 3.42. The molecule has 0 spiro atoms. The first kappa shape index (κ1) is 34.6. The summed E-state index contributed by atoms with van der Waals surface area (Å²) in [6.07, 6.45) is 2.34. The quantitative estimate of drug-likeness (QED) is 0.324. The van der Waals surface area contributed by atoms with Crippen LogP contribution >= 0.6 is 23.2 Å². The first-order chi connectivity index (χ1) is 21.7. The summed E-state index contributed by atoms with van der Waals surface area (Å²) in [7, 11) is -6.69. The third kappa shape index (κ3) is 7.70. The zero-order chi connectivity index (χ0) is 33.3. The van der Waals surface area contributed by atoms with E-state index in [2.05, 4.69) is 10.6 Å². The number of amides is 1. The summed E-state index contributed by atoms with van der Waals surface area (Å²) in [5, 5.41) is 8.40. The van der Waals surface area contributed by atoms with Crippen LogP contribution in [-0.4, -0.2) is 90.1 Å². The highest BCUT2D eigenvalue weighted by atomic mass is 35.5. The molecule has 2 unspecified atom stereocenters. The van der Waals surface area contributed by atoms with Gasteiger partial charge in [0, 0.05) is 60.8 Å². The van der Waals surface area contributed by atoms with E-state index in [1.807, 2.05) is 29.2 Å². The van der Waals surface area contributed by atoms with E-state index in [1.54, 1.807) is 42.2 Å². The van der Waals surface area contributed by atoms with Crippen LogP contribution in [-0.2, 0) is 30.1 Å². The van der Waals surface area contributed by atoms with Gasteiger partial charge in [-0.15, -0.1) is 0 Å². The number of sulfone groups is 2. The largest absolute Gasteiger partial charge is 0.493 e. The van der Waals surface area contributed by atoms with Crippen LogP contribution in [0.15, 0.2) is 71.6 Å². The molecule has 0 aliphatic carbocycles. The van der Waals surface area contributed by atoms with Crippen LogP contribution in [0.25, 0.3) is 0 Å². The van der Waals surface area contributed by atoms with Gasteiger partial charge in [0.2, 0.25) is 0 Å². The van der Waals surface area contributed by atoms with Crippen molar-refractivity contribution in [3.05, 3.63) is 93.5 Å². The van der Waals surface area contributed by atoms with Gasteiger partial charge in [0.1, 0.15) is 15.6 Å². The van der Waals surface area contributed by atoms with Crippen LogP contribution in [0.5, 0.6) is 5.75 Å². The predicted octanol–water partition coefficient (Wildman–Crippen LogP) is 3.81. The van der Waals surface area contributed by atoms with E-state index < -0.39 is 37.4 Å². The molecule has 3 aromatic carbocycles. The van der Waals surface area contributed by atoms with Crippen molar-refractivity contribution in [1.82, 2.24) is 20.4 Å². The van der Waals surface area contributed by atoms with Crippen molar-refractivity contribution in [2.75, 3.05) is 57.6 Å². The molecule has 0 bridgehead atoms. The maximum Gasteiger partial charge on any atom is 0.262 e. The number of halogens is 2. The SMILES string of the molecule is CCOc1cc(S(C)(=O)=O)ccc1C1(C(=O)N2CCN(CCS(C)(=O)=O)CC2)NC(c2ccc(Cl)cc2)C(c2ccc(Cl)cc2)N1. The van der Waals surface area contributed by atoms with Gasteiger partial charge in [-0.3, -0.25) is 20.3 Å². The number of carbonyl (C=O) groups excluding carboxylic acids is 1. The van der Waals surface area contributed by atoms with Crippen LogP contribution in [0, 0.1) is 0 Å². The van der Waals surface area contributed by atoms with E-state index in [9.17, 15) is 21.6 Å². The lowest BCUT2D eigenvalue weighted by molar-refractivity contribution is -0.141. The van der Waals surface area contributed by atoms with Gasteiger partial charge in [-0.05, 0) is 54.4 Å². The minimum absolute atomic E-state index is 0.0456. The number of hydrogen-bond acceptors (Lipinski definition) is 9. The molecule has 1 amide bonds. The number of hydrogen-bond donors (Lipinski definition) is 2. The number of nitrogens with one attached hydrogen (secondary N) is 2. The normalized spacial score (nSPS) is 22.6. The Morgan fingerprint density at radius 2 is 1.37 bits per heavy atom. The summed E-state index contributed by atoms with van der Waals surface area (Å²) in [5.74, 6) is 0.0418. The highest BCUT2D eigenvalue weighted by Crippen LogP contribution is 2.45. The van der Waals surface area contributed by atoms with E-state index in [-0.39, 0.29) is 28.9 Å². The first-order valence-corrected chi connectivity index (χ1v) is 19.6. The number of piperazine rings is 1. The fourth-order valence-electron chi connectivity index (χ4n) is 5.99. The average molecular weight is 710 g/mol. The Kier molecular flexibility index (Phi) is 10.4. The van der Waals surface area contributed by atoms with Crippen LogP contribution in [0.4, 0.5) is 0 Å². The van der Waals surface area contributed by atoms with E-state index in [4.69, 9.17) is 27.9 Å². The molecule has 14 heteroatoms. The third-order valence-electron chi connectivity index (χ3n) is 8.38. The molecular weight excluding hydrogens is 671 g/mol. The number of carbonyl (C=O) groups is 1. The molecule has 0 aromatic heterocycles. The zero-order valence-electron chi connectivity index (χ0n) is 25.9. The van der Waals surface area contributed by atoms with Gasteiger partial charge in [-0.25, -0.2) is 16.8 Å². The molecule has 10 nitrogen and oxygen atoms in total. The number of nitrogens with zero attached hydrogens (tertiary/aromatic N) is 2. The van der Waals surface area contributed by atoms with E-state index in [1.165, 1.54) is 18.4 Å². The summed E-state index contributed by atoms with van der Waals surface area (Å²) in [6.45, 7) is 4.18. The molecule has 46 heavy (non-hydrogen) atoms. The fraction of sp³-hybridized carbons (Fsp3) is 0.406.